The largest absolute Gasteiger partial charge is 0.481 e. The zero-order valence-corrected chi connectivity index (χ0v) is 20.4. The molecular weight excluding hydrogens is 516 g/mol. The molecule has 3 fully saturated rings. The molecule has 1 aromatic heterocycles. The quantitative estimate of drug-likeness (QED) is 0.306. The number of rotatable bonds is 7. The van der Waals surface area contributed by atoms with Crippen molar-refractivity contribution in [2.24, 2.45) is 5.41 Å². The minimum atomic E-state index is -4.45. The fraction of sp³-hybridized carbons (Fsp3) is 0.286. The van der Waals surface area contributed by atoms with Crippen molar-refractivity contribution >= 4 is 22.9 Å². The van der Waals surface area contributed by atoms with Crippen molar-refractivity contribution in [2.75, 3.05) is 0 Å². The first-order valence-electron chi connectivity index (χ1n) is 12.3. The van der Waals surface area contributed by atoms with E-state index in [1.807, 2.05) is 0 Å². The zero-order valence-electron chi connectivity index (χ0n) is 20.4. The van der Waals surface area contributed by atoms with Gasteiger partial charge in [-0.1, -0.05) is 29.5 Å². The molecule has 0 atom stereocenters. The molecule has 39 heavy (non-hydrogen) atoms. The third-order valence-corrected chi connectivity index (χ3v) is 7.69. The van der Waals surface area contributed by atoms with Crippen molar-refractivity contribution in [2.45, 2.75) is 43.9 Å². The van der Waals surface area contributed by atoms with Crippen LogP contribution >= 0.6 is 0 Å². The zero-order chi connectivity index (χ0) is 27.6. The van der Waals surface area contributed by atoms with Crippen LogP contribution in [-0.4, -0.2) is 37.5 Å². The van der Waals surface area contributed by atoms with Crippen LogP contribution in [0.5, 0.6) is 0 Å². The summed E-state index contributed by atoms with van der Waals surface area (Å²) in [5.41, 5.74) is 1.40. The highest BCUT2D eigenvalue weighted by Gasteiger charge is 2.68. The van der Waals surface area contributed by atoms with Crippen LogP contribution in [0.2, 0.25) is 0 Å². The highest BCUT2D eigenvalue weighted by molar-refractivity contribution is 6.07. The van der Waals surface area contributed by atoms with E-state index in [4.69, 9.17) is 5.11 Å². The number of nitrogens with zero attached hydrogens (tertiary/aromatic N) is 3. The van der Waals surface area contributed by atoms with E-state index in [1.54, 1.807) is 24.3 Å². The fourth-order valence-electron chi connectivity index (χ4n) is 6.13. The second-order valence-electron chi connectivity index (χ2n) is 10.7. The molecule has 3 aliphatic carbocycles. The minimum absolute atomic E-state index is 0.0682. The standard InChI is InChI=1S/C28H22F4N4O3/c29-20-7-3-17(4-8-20)18-9-21(25(39)33-27-13-26(14-27,15-27)11-23(37)38)24-22(10-18)34-35-36(24)12-16-1-5-19(6-2-16)28(30,31)32/h1-10H,11-15H2,(H,33,39)(H,37,38). The van der Waals surface area contributed by atoms with E-state index in [0.29, 0.717) is 47.0 Å². The monoisotopic (exact) mass is 538 g/mol. The molecule has 0 aliphatic heterocycles. The molecule has 0 saturated heterocycles. The number of carboxylic acid groups (broad SMARTS) is 1. The van der Waals surface area contributed by atoms with Crippen molar-refractivity contribution in [3.05, 3.63) is 83.2 Å². The van der Waals surface area contributed by atoms with Crippen LogP contribution in [0, 0.1) is 11.2 Å². The molecule has 3 saturated carbocycles. The molecule has 2 N–H and O–H groups in total. The summed E-state index contributed by atoms with van der Waals surface area (Å²) < 4.78 is 53.9. The Balaban J connectivity index is 1.35. The summed E-state index contributed by atoms with van der Waals surface area (Å²) in [7, 11) is 0. The number of hydrogen-bond acceptors (Lipinski definition) is 4. The summed E-state index contributed by atoms with van der Waals surface area (Å²) in [5, 5.41) is 20.6. The van der Waals surface area contributed by atoms with Gasteiger partial charge in [0, 0.05) is 5.54 Å². The van der Waals surface area contributed by atoms with Crippen LogP contribution in [0.1, 0.15) is 47.2 Å². The van der Waals surface area contributed by atoms with Gasteiger partial charge in [-0.25, -0.2) is 9.07 Å². The van der Waals surface area contributed by atoms with Crippen LogP contribution in [0.25, 0.3) is 22.2 Å². The average Bonchev–Trinajstić information content (AvgIpc) is 3.24. The number of aromatic nitrogens is 3. The van der Waals surface area contributed by atoms with Gasteiger partial charge in [-0.2, -0.15) is 13.2 Å². The maximum absolute atomic E-state index is 13.6. The molecule has 0 radical (unpaired) electrons. The maximum atomic E-state index is 13.6. The number of fused-ring (bicyclic) bond motifs is 1. The molecule has 2 bridgehead atoms. The van der Waals surface area contributed by atoms with Gasteiger partial charge in [-0.05, 0) is 77.8 Å². The van der Waals surface area contributed by atoms with Gasteiger partial charge in [0.1, 0.15) is 16.9 Å². The Hall–Kier alpha value is -4.28. The number of carboxylic acids is 1. The van der Waals surface area contributed by atoms with Gasteiger partial charge in [-0.15, -0.1) is 5.10 Å². The van der Waals surface area contributed by atoms with Crippen molar-refractivity contribution in [1.82, 2.24) is 20.3 Å². The van der Waals surface area contributed by atoms with Gasteiger partial charge in [0.25, 0.3) is 5.91 Å². The summed E-state index contributed by atoms with van der Waals surface area (Å²) in [5.74, 6) is -1.65. The number of hydrogen-bond donors (Lipinski definition) is 2. The topological polar surface area (TPSA) is 97.1 Å². The van der Waals surface area contributed by atoms with Crippen LogP contribution < -0.4 is 5.32 Å². The van der Waals surface area contributed by atoms with E-state index in [-0.39, 0.29) is 29.9 Å². The second kappa shape index (κ2) is 8.62. The fourth-order valence-corrected chi connectivity index (χ4v) is 6.13. The highest BCUT2D eigenvalue weighted by atomic mass is 19.4. The normalized spacial score (nSPS) is 21.7. The van der Waals surface area contributed by atoms with E-state index < -0.39 is 29.1 Å². The summed E-state index contributed by atoms with van der Waals surface area (Å²) in [4.78, 5) is 24.8. The number of carbonyl (C=O) groups is 2. The first kappa shape index (κ1) is 25.0. The lowest BCUT2D eigenvalue weighted by molar-refractivity contribution is -0.172. The maximum Gasteiger partial charge on any atom is 0.416 e. The van der Waals surface area contributed by atoms with Gasteiger partial charge in [0.2, 0.25) is 0 Å². The Morgan fingerprint density at radius 1 is 0.974 bits per heavy atom. The first-order chi connectivity index (χ1) is 18.4. The summed E-state index contributed by atoms with van der Waals surface area (Å²) >= 11 is 0. The minimum Gasteiger partial charge on any atom is -0.481 e. The number of nitrogens with one attached hydrogen (secondary N) is 1. The number of benzene rings is 3. The number of alkyl halides is 3. The third-order valence-electron chi connectivity index (χ3n) is 7.69. The molecule has 3 aliphatic rings. The average molecular weight is 539 g/mol. The number of aliphatic carboxylic acids is 1. The molecular formula is C28H22F4N4O3. The number of amides is 1. The van der Waals surface area contributed by atoms with Crippen molar-refractivity contribution in [3.63, 3.8) is 0 Å². The van der Waals surface area contributed by atoms with Crippen molar-refractivity contribution in [1.29, 1.82) is 0 Å². The smallest absolute Gasteiger partial charge is 0.416 e. The van der Waals surface area contributed by atoms with Gasteiger partial charge in [0.15, 0.2) is 0 Å². The van der Waals surface area contributed by atoms with E-state index in [0.717, 1.165) is 12.1 Å². The molecule has 4 aromatic rings. The highest BCUT2D eigenvalue weighted by Crippen LogP contribution is 2.69. The van der Waals surface area contributed by atoms with E-state index in [2.05, 4.69) is 15.6 Å². The van der Waals surface area contributed by atoms with Crippen molar-refractivity contribution in [3.8, 4) is 11.1 Å². The Morgan fingerprint density at radius 2 is 1.64 bits per heavy atom. The molecule has 7 nitrogen and oxygen atoms in total. The number of halogens is 4. The molecule has 7 rings (SSSR count). The van der Waals surface area contributed by atoms with Gasteiger partial charge in [-0.3, -0.25) is 9.59 Å². The molecule has 0 spiro atoms. The summed E-state index contributed by atoms with van der Waals surface area (Å²) in [6.07, 6.45) is -2.63. The Bertz CT molecular complexity index is 1590. The Labute approximate surface area is 219 Å². The molecule has 1 amide bonds. The first-order valence-corrected chi connectivity index (χ1v) is 12.3. The van der Waals surface area contributed by atoms with Crippen LogP contribution in [0.3, 0.4) is 0 Å². The van der Waals surface area contributed by atoms with E-state index in [9.17, 15) is 27.2 Å². The lowest BCUT2D eigenvalue weighted by Gasteiger charge is -2.70. The summed E-state index contributed by atoms with van der Waals surface area (Å²) in [6.45, 7) is 0.0810. The number of carbonyl (C=O) groups excluding carboxylic acids is 1. The van der Waals surface area contributed by atoms with Crippen LogP contribution in [0.15, 0.2) is 60.7 Å². The van der Waals surface area contributed by atoms with Gasteiger partial charge in [0.05, 0.1) is 24.1 Å². The van der Waals surface area contributed by atoms with Gasteiger partial charge >= 0.3 is 12.1 Å². The predicted octanol–water partition coefficient (Wildman–Crippen LogP) is 5.43. The van der Waals surface area contributed by atoms with Gasteiger partial charge < -0.3 is 10.4 Å². The van der Waals surface area contributed by atoms with E-state index in [1.165, 1.54) is 28.9 Å². The molecule has 200 valence electrons. The SMILES string of the molecule is O=C(O)CC12CC(NC(=O)c3cc(-c4ccc(F)cc4)cc4nnn(Cc5ccc(C(F)(F)F)cc5)c34)(C1)C2. The van der Waals surface area contributed by atoms with Crippen molar-refractivity contribution < 1.29 is 32.3 Å². The molecule has 1 heterocycles. The predicted molar refractivity (Wildman–Crippen MR) is 132 cm³/mol. The van der Waals surface area contributed by atoms with E-state index >= 15 is 0 Å². The second-order valence-corrected chi connectivity index (χ2v) is 10.7. The molecule has 11 heteroatoms. The Morgan fingerprint density at radius 3 is 2.26 bits per heavy atom. The summed E-state index contributed by atoms with van der Waals surface area (Å²) in [6, 6.07) is 13.9. The lowest BCUT2D eigenvalue weighted by atomic mass is 9.38. The molecule has 3 aromatic carbocycles. The lowest BCUT2D eigenvalue weighted by Crippen LogP contribution is -2.75. The third kappa shape index (κ3) is 4.51. The van der Waals surface area contributed by atoms with Crippen LogP contribution in [0.4, 0.5) is 17.6 Å². The molecule has 0 unspecified atom stereocenters. The van der Waals surface area contributed by atoms with Crippen LogP contribution in [-0.2, 0) is 17.5 Å². The Kier molecular flexibility index (Phi) is 5.53.